The molecule has 0 saturated carbocycles. The summed E-state index contributed by atoms with van der Waals surface area (Å²) in [7, 11) is -3.32. The average molecular weight is 416 g/mol. The van der Waals surface area contributed by atoms with Gasteiger partial charge in [0.05, 0.1) is 5.75 Å². The number of aromatic nitrogens is 2. The van der Waals surface area contributed by atoms with Crippen LogP contribution in [0.2, 0.25) is 0 Å². The summed E-state index contributed by atoms with van der Waals surface area (Å²) >= 11 is 0. The van der Waals surface area contributed by atoms with Crippen molar-refractivity contribution < 1.29 is 8.42 Å². The van der Waals surface area contributed by atoms with Gasteiger partial charge in [-0.15, -0.1) is 0 Å². The highest BCUT2D eigenvalue weighted by atomic mass is 32.2. The van der Waals surface area contributed by atoms with Crippen LogP contribution in [0.3, 0.4) is 0 Å². The Morgan fingerprint density at radius 3 is 2.17 bits per heavy atom. The Kier molecular flexibility index (Phi) is 5.74. The summed E-state index contributed by atoms with van der Waals surface area (Å²) < 4.78 is 27.3. The maximum Gasteiger partial charge on any atom is 0.227 e. The lowest BCUT2D eigenvalue weighted by Crippen LogP contribution is -2.49. The second-order valence-electron chi connectivity index (χ2n) is 7.99. The van der Waals surface area contributed by atoms with Crippen LogP contribution in [-0.2, 0) is 15.8 Å². The summed E-state index contributed by atoms with van der Waals surface area (Å²) in [6, 6.07) is 9.70. The molecule has 0 bridgehead atoms. The number of hydrogen-bond acceptors (Lipinski definition) is 6. The molecule has 2 saturated heterocycles. The van der Waals surface area contributed by atoms with Crippen molar-refractivity contribution in [3.63, 3.8) is 0 Å². The van der Waals surface area contributed by atoms with Crippen LogP contribution >= 0.6 is 0 Å². The first-order chi connectivity index (χ1) is 13.9. The fourth-order valence-corrected chi connectivity index (χ4v) is 5.45. The lowest BCUT2D eigenvalue weighted by molar-refractivity contribution is 0.383. The first-order valence-electron chi connectivity index (χ1n) is 10.3. The largest absolute Gasteiger partial charge is 0.354 e. The predicted octanol–water partition coefficient (Wildman–Crippen LogP) is 2.35. The molecule has 3 heterocycles. The normalized spacial score (nSPS) is 18.4. The van der Waals surface area contributed by atoms with Gasteiger partial charge in [0.2, 0.25) is 16.0 Å². The molecule has 2 aromatic rings. The molecule has 0 aliphatic carbocycles. The predicted molar refractivity (Wildman–Crippen MR) is 116 cm³/mol. The maximum atomic E-state index is 12.8. The fourth-order valence-electron chi connectivity index (χ4n) is 3.94. The van der Waals surface area contributed by atoms with Gasteiger partial charge in [0.1, 0.15) is 5.82 Å². The van der Waals surface area contributed by atoms with E-state index >= 15 is 0 Å². The average Bonchev–Trinajstić information content (AvgIpc) is 3.24. The molecule has 156 valence electrons. The second-order valence-corrected chi connectivity index (χ2v) is 9.96. The number of sulfonamides is 1. The molecule has 2 fully saturated rings. The molecule has 0 unspecified atom stereocenters. The molecule has 8 heteroatoms. The quantitative estimate of drug-likeness (QED) is 0.747. The molecule has 0 atom stereocenters. The molecular weight excluding hydrogens is 386 g/mol. The van der Waals surface area contributed by atoms with Gasteiger partial charge in [0, 0.05) is 51.0 Å². The molecule has 4 rings (SSSR count). The van der Waals surface area contributed by atoms with E-state index in [-0.39, 0.29) is 5.75 Å². The zero-order valence-corrected chi connectivity index (χ0v) is 18.0. The number of benzene rings is 1. The van der Waals surface area contributed by atoms with Crippen molar-refractivity contribution in [1.82, 2.24) is 14.3 Å². The number of anilines is 2. The van der Waals surface area contributed by atoms with E-state index in [2.05, 4.69) is 14.8 Å². The van der Waals surface area contributed by atoms with Gasteiger partial charge < -0.3 is 9.80 Å². The summed E-state index contributed by atoms with van der Waals surface area (Å²) in [4.78, 5) is 13.8. The number of rotatable bonds is 5. The third-order valence-electron chi connectivity index (χ3n) is 5.64. The van der Waals surface area contributed by atoms with Crippen molar-refractivity contribution in [3.8, 4) is 0 Å². The Morgan fingerprint density at radius 2 is 1.52 bits per heavy atom. The highest BCUT2D eigenvalue weighted by Crippen LogP contribution is 2.23. The van der Waals surface area contributed by atoms with Gasteiger partial charge in [-0.2, -0.15) is 9.29 Å². The van der Waals surface area contributed by atoms with Crippen LogP contribution in [0.5, 0.6) is 0 Å². The Bertz CT molecular complexity index is 948. The van der Waals surface area contributed by atoms with Crippen LogP contribution in [0.4, 0.5) is 11.8 Å². The molecule has 0 amide bonds. The summed E-state index contributed by atoms with van der Waals surface area (Å²) in [5.41, 5.74) is 2.92. The smallest absolute Gasteiger partial charge is 0.227 e. The Morgan fingerprint density at radius 1 is 0.862 bits per heavy atom. The van der Waals surface area contributed by atoms with Crippen LogP contribution in [-0.4, -0.2) is 62.0 Å². The number of aryl methyl sites for hydroxylation is 2. The van der Waals surface area contributed by atoms with Crippen molar-refractivity contribution in [3.05, 3.63) is 47.2 Å². The lowest BCUT2D eigenvalue weighted by Gasteiger charge is -2.35. The third-order valence-corrected chi connectivity index (χ3v) is 7.49. The van der Waals surface area contributed by atoms with Crippen molar-refractivity contribution >= 4 is 21.8 Å². The maximum absolute atomic E-state index is 12.8. The highest BCUT2D eigenvalue weighted by Gasteiger charge is 2.28. The SMILES string of the molecule is Cc1ccc(CS(=O)(=O)N2CCN(c3cc(C)nc(N4CCCC4)n3)CC2)cc1. The van der Waals surface area contributed by atoms with Gasteiger partial charge in [-0.05, 0) is 32.3 Å². The van der Waals surface area contributed by atoms with E-state index in [0.29, 0.717) is 26.2 Å². The Hall–Kier alpha value is -2.19. The molecule has 2 aliphatic rings. The van der Waals surface area contributed by atoms with Crippen LogP contribution < -0.4 is 9.80 Å². The molecule has 1 aromatic heterocycles. The Labute approximate surface area is 173 Å². The molecule has 29 heavy (non-hydrogen) atoms. The van der Waals surface area contributed by atoms with Crippen molar-refractivity contribution in [2.75, 3.05) is 49.1 Å². The lowest BCUT2D eigenvalue weighted by atomic mass is 10.2. The zero-order chi connectivity index (χ0) is 20.4. The monoisotopic (exact) mass is 415 g/mol. The van der Waals surface area contributed by atoms with Gasteiger partial charge in [0.25, 0.3) is 0 Å². The molecule has 0 N–H and O–H groups in total. The molecular formula is C21H29N5O2S. The van der Waals surface area contributed by atoms with Crippen LogP contribution in [0.25, 0.3) is 0 Å². The number of piperazine rings is 1. The minimum absolute atomic E-state index is 0.0546. The van der Waals surface area contributed by atoms with E-state index in [0.717, 1.165) is 41.7 Å². The van der Waals surface area contributed by atoms with E-state index < -0.39 is 10.0 Å². The summed E-state index contributed by atoms with van der Waals surface area (Å²) in [5.74, 6) is 1.75. The topological polar surface area (TPSA) is 69.6 Å². The zero-order valence-electron chi connectivity index (χ0n) is 17.2. The van der Waals surface area contributed by atoms with E-state index in [1.807, 2.05) is 44.2 Å². The van der Waals surface area contributed by atoms with Crippen LogP contribution in [0, 0.1) is 13.8 Å². The second kappa shape index (κ2) is 8.28. The van der Waals surface area contributed by atoms with E-state index in [1.165, 1.54) is 12.8 Å². The standard InChI is InChI=1S/C21H29N5O2S/c1-17-5-7-19(8-6-17)16-29(27,28)26-13-11-24(12-14-26)20-15-18(2)22-21(23-20)25-9-3-4-10-25/h5-8,15H,3-4,9-14,16H2,1-2H3. The third kappa shape index (κ3) is 4.70. The van der Waals surface area contributed by atoms with Crippen LogP contribution in [0.15, 0.2) is 30.3 Å². The van der Waals surface area contributed by atoms with Gasteiger partial charge in [0.15, 0.2) is 0 Å². The first-order valence-corrected chi connectivity index (χ1v) is 11.9. The van der Waals surface area contributed by atoms with Gasteiger partial charge in [-0.25, -0.2) is 13.4 Å². The summed E-state index contributed by atoms with van der Waals surface area (Å²) in [6.07, 6.45) is 2.37. The highest BCUT2D eigenvalue weighted by molar-refractivity contribution is 7.88. The van der Waals surface area contributed by atoms with E-state index in [4.69, 9.17) is 4.98 Å². The molecule has 0 radical (unpaired) electrons. The summed E-state index contributed by atoms with van der Waals surface area (Å²) in [5, 5.41) is 0. The van der Waals surface area contributed by atoms with E-state index in [1.54, 1.807) is 4.31 Å². The number of nitrogens with zero attached hydrogens (tertiary/aromatic N) is 5. The van der Waals surface area contributed by atoms with Crippen molar-refractivity contribution in [2.24, 2.45) is 0 Å². The Balaban J connectivity index is 1.42. The van der Waals surface area contributed by atoms with Crippen molar-refractivity contribution in [2.45, 2.75) is 32.4 Å². The molecule has 1 aromatic carbocycles. The molecule has 2 aliphatic heterocycles. The van der Waals surface area contributed by atoms with Crippen LogP contribution in [0.1, 0.15) is 29.7 Å². The minimum Gasteiger partial charge on any atom is -0.354 e. The first kappa shape index (κ1) is 20.1. The van der Waals surface area contributed by atoms with Crippen molar-refractivity contribution in [1.29, 1.82) is 0 Å². The fraction of sp³-hybridized carbons (Fsp3) is 0.524. The number of hydrogen-bond donors (Lipinski definition) is 0. The minimum atomic E-state index is -3.32. The summed E-state index contributed by atoms with van der Waals surface area (Å²) in [6.45, 7) is 8.26. The van der Waals surface area contributed by atoms with Gasteiger partial charge >= 0.3 is 0 Å². The van der Waals surface area contributed by atoms with E-state index in [9.17, 15) is 8.42 Å². The van der Waals surface area contributed by atoms with Gasteiger partial charge in [-0.3, -0.25) is 0 Å². The molecule has 7 nitrogen and oxygen atoms in total. The molecule has 0 spiro atoms. The van der Waals surface area contributed by atoms with Gasteiger partial charge in [-0.1, -0.05) is 29.8 Å².